The van der Waals surface area contributed by atoms with E-state index in [2.05, 4.69) is 20.5 Å². The maximum Gasteiger partial charge on any atom is 0.255 e. The van der Waals surface area contributed by atoms with Crippen molar-refractivity contribution < 1.29 is 15.3 Å². The first-order chi connectivity index (χ1) is 10.5. The zero-order valence-electron chi connectivity index (χ0n) is 11.9. The van der Waals surface area contributed by atoms with Crippen LogP contribution in [0, 0.1) is 6.92 Å². The summed E-state index contributed by atoms with van der Waals surface area (Å²) in [5, 5.41) is 31.3. The number of hydrogen-bond donors (Lipinski definition) is 5. The molecule has 22 heavy (non-hydrogen) atoms. The monoisotopic (exact) mass is 304 g/mol. The van der Waals surface area contributed by atoms with Crippen molar-refractivity contribution in [1.82, 2.24) is 9.97 Å². The van der Waals surface area contributed by atoms with E-state index in [-0.39, 0.29) is 36.0 Å². The van der Waals surface area contributed by atoms with Gasteiger partial charge in [-0.05, 0) is 30.7 Å². The van der Waals surface area contributed by atoms with Crippen LogP contribution in [0.3, 0.4) is 0 Å². The number of anilines is 1. The minimum absolute atomic E-state index is 0.124. The van der Waals surface area contributed by atoms with Crippen molar-refractivity contribution in [2.75, 3.05) is 12.0 Å². The van der Waals surface area contributed by atoms with Gasteiger partial charge >= 0.3 is 0 Å². The number of aryl methyl sites for hydroxylation is 1. The van der Waals surface area contributed by atoms with Gasteiger partial charge < -0.3 is 15.3 Å². The molecule has 0 fully saturated rings. The number of aromatic hydroxyl groups is 2. The maximum absolute atomic E-state index is 11.8. The zero-order valence-corrected chi connectivity index (χ0v) is 11.9. The first-order valence-electron chi connectivity index (χ1n) is 6.53. The quantitative estimate of drug-likeness (QED) is 0.310. The molecular formula is C14H16N4O4. The van der Waals surface area contributed by atoms with Crippen molar-refractivity contribution in [3.63, 3.8) is 0 Å². The van der Waals surface area contributed by atoms with E-state index in [9.17, 15) is 15.0 Å². The molecule has 0 amide bonds. The summed E-state index contributed by atoms with van der Waals surface area (Å²) in [5.41, 5.74) is 3.74. The Morgan fingerprint density at radius 2 is 2.14 bits per heavy atom. The Morgan fingerprint density at radius 3 is 2.77 bits per heavy atom. The highest BCUT2D eigenvalue weighted by Crippen LogP contribution is 2.23. The molecule has 0 aliphatic rings. The topological polar surface area (TPSA) is 131 Å². The summed E-state index contributed by atoms with van der Waals surface area (Å²) in [6, 6.07) is 4.24. The van der Waals surface area contributed by atoms with Crippen LogP contribution in [0.2, 0.25) is 0 Å². The third kappa shape index (κ3) is 3.61. The first kappa shape index (κ1) is 15.5. The van der Waals surface area contributed by atoms with Gasteiger partial charge in [-0.1, -0.05) is 0 Å². The Labute approximate surface area is 125 Å². The summed E-state index contributed by atoms with van der Waals surface area (Å²) in [5.74, 6) is -0.297. The number of aliphatic hydroxyl groups excluding tert-OH is 1. The predicted octanol–water partition coefficient (Wildman–Crippen LogP) is 0.470. The fourth-order valence-electron chi connectivity index (χ4n) is 1.86. The van der Waals surface area contributed by atoms with Crippen molar-refractivity contribution in [3.8, 4) is 11.5 Å². The lowest BCUT2D eigenvalue weighted by Gasteiger charge is -2.05. The van der Waals surface area contributed by atoms with Gasteiger partial charge in [0.05, 0.1) is 11.9 Å². The Balaban J connectivity index is 2.12. The number of rotatable bonds is 5. The van der Waals surface area contributed by atoms with Gasteiger partial charge in [0.25, 0.3) is 5.56 Å². The van der Waals surface area contributed by atoms with Gasteiger partial charge in [-0.2, -0.15) is 5.10 Å². The van der Waals surface area contributed by atoms with Gasteiger partial charge in [-0.3, -0.25) is 9.78 Å². The highest BCUT2D eigenvalue weighted by atomic mass is 16.3. The minimum Gasteiger partial charge on any atom is -0.504 e. The van der Waals surface area contributed by atoms with E-state index >= 15 is 0 Å². The summed E-state index contributed by atoms with van der Waals surface area (Å²) in [6.07, 6.45) is 1.64. The van der Waals surface area contributed by atoms with Gasteiger partial charge in [-0.25, -0.2) is 10.4 Å². The molecule has 0 saturated carbocycles. The molecule has 0 aliphatic heterocycles. The number of benzene rings is 1. The van der Waals surface area contributed by atoms with E-state index in [1.54, 1.807) is 13.0 Å². The molecule has 2 aromatic rings. The normalized spacial score (nSPS) is 11.0. The molecule has 0 unspecified atom stereocenters. The number of hydrazone groups is 1. The minimum atomic E-state index is -0.332. The van der Waals surface area contributed by atoms with Gasteiger partial charge in [0.2, 0.25) is 5.95 Å². The van der Waals surface area contributed by atoms with Crippen LogP contribution in [-0.4, -0.2) is 38.1 Å². The van der Waals surface area contributed by atoms with E-state index < -0.39 is 0 Å². The van der Waals surface area contributed by atoms with E-state index in [0.717, 1.165) is 0 Å². The molecule has 8 nitrogen and oxygen atoms in total. The summed E-state index contributed by atoms with van der Waals surface area (Å²) in [4.78, 5) is 18.5. The average molecular weight is 304 g/mol. The summed E-state index contributed by atoms with van der Waals surface area (Å²) >= 11 is 0. The number of aromatic amines is 1. The Bertz CT molecular complexity index is 755. The molecule has 0 spiro atoms. The van der Waals surface area contributed by atoms with Crippen LogP contribution >= 0.6 is 0 Å². The van der Waals surface area contributed by atoms with E-state index in [1.165, 1.54) is 18.3 Å². The molecule has 0 atom stereocenters. The van der Waals surface area contributed by atoms with Crippen LogP contribution in [0.1, 0.15) is 16.8 Å². The van der Waals surface area contributed by atoms with Gasteiger partial charge in [0.1, 0.15) is 0 Å². The maximum atomic E-state index is 11.8. The largest absolute Gasteiger partial charge is 0.504 e. The third-order valence-electron chi connectivity index (χ3n) is 2.97. The fourth-order valence-corrected chi connectivity index (χ4v) is 1.86. The highest BCUT2D eigenvalue weighted by Gasteiger charge is 2.07. The fraction of sp³-hybridized carbons (Fsp3) is 0.214. The lowest BCUT2D eigenvalue weighted by Crippen LogP contribution is -2.19. The zero-order chi connectivity index (χ0) is 16.1. The van der Waals surface area contributed by atoms with Crippen LogP contribution in [0.25, 0.3) is 0 Å². The molecule has 8 heteroatoms. The summed E-state index contributed by atoms with van der Waals surface area (Å²) in [6.45, 7) is 1.55. The van der Waals surface area contributed by atoms with Crippen LogP contribution in [0.4, 0.5) is 5.95 Å². The molecule has 0 radical (unpaired) electrons. The van der Waals surface area contributed by atoms with Crippen molar-refractivity contribution in [1.29, 1.82) is 0 Å². The molecule has 1 aromatic heterocycles. The summed E-state index contributed by atoms with van der Waals surface area (Å²) < 4.78 is 0. The smallest absolute Gasteiger partial charge is 0.255 e. The number of hydrogen-bond acceptors (Lipinski definition) is 7. The second kappa shape index (κ2) is 6.72. The van der Waals surface area contributed by atoms with Gasteiger partial charge in [0.15, 0.2) is 11.5 Å². The highest BCUT2D eigenvalue weighted by molar-refractivity contribution is 5.81. The second-order valence-corrected chi connectivity index (χ2v) is 4.57. The lowest BCUT2D eigenvalue weighted by molar-refractivity contribution is 0.298. The third-order valence-corrected chi connectivity index (χ3v) is 2.97. The Kier molecular flexibility index (Phi) is 4.74. The molecule has 2 rings (SSSR count). The SMILES string of the molecule is Cc1nc(N/N=C\c2ccc(O)c(O)c2)[nH]c(=O)c1CCO. The second-order valence-electron chi connectivity index (χ2n) is 4.57. The number of H-pyrrole nitrogens is 1. The van der Waals surface area contributed by atoms with Crippen molar-refractivity contribution in [2.24, 2.45) is 5.10 Å². The van der Waals surface area contributed by atoms with Crippen molar-refractivity contribution in [2.45, 2.75) is 13.3 Å². The van der Waals surface area contributed by atoms with Crippen molar-refractivity contribution >= 4 is 12.2 Å². The predicted molar refractivity (Wildman–Crippen MR) is 81.4 cm³/mol. The average Bonchev–Trinajstić information content (AvgIpc) is 2.47. The molecule has 0 saturated heterocycles. The van der Waals surface area contributed by atoms with Crippen LogP contribution in [-0.2, 0) is 6.42 Å². The van der Waals surface area contributed by atoms with Gasteiger partial charge in [0, 0.05) is 18.6 Å². The molecule has 0 bridgehead atoms. The standard InChI is InChI=1S/C14H16N4O4/c1-8-10(4-5-19)13(22)17-14(16-8)18-15-7-9-2-3-11(20)12(21)6-9/h2-3,6-7,19-21H,4-5H2,1H3,(H2,16,17,18,22)/b15-7-. The number of aromatic nitrogens is 2. The van der Waals surface area contributed by atoms with Crippen LogP contribution < -0.4 is 11.0 Å². The molecule has 5 N–H and O–H groups in total. The number of phenols is 2. The molecule has 0 aliphatic carbocycles. The summed E-state index contributed by atoms with van der Waals surface area (Å²) in [7, 11) is 0. The Hall–Kier alpha value is -2.87. The van der Waals surface area contributed by atoms with E-state index in [0.29, 0.717) is 16.8 Å². The molecule has 1 heterocycles. The molecule has 1 aromatic carbocycles. The lowest BCUT2D eigenvalue weighted by atomic mass is 10.2. The number of nitrogens with one attached hydrogen (secondary N) is 2. The van der Waals surface area contributed by atoms with E-state index in [1.807, 2.05) is 0 Å². The van der Waals surface area contributed by atoms with Crippen molar-refractivity contribution in [3.05, 3.63) is 45.4 Å². The molecule has 116 valence electrons. The Morgan fingerprint density at radius 1 is 1.36 bits per heavy atom. The van der Waals surface area contributed by atoms with Crippen LogP contribution in [0.15, 0.2) is 28.1 Å². The van der Waals surface area contributed by atoms with Gasteiger partial charge in [-0.15, -0.1) is 0 Å². The van der Waals surface area contributed by atoms with Crippen LogP contribution in [0.5, 0.6) is 11.5 Å². The molecular weight excluding hydrogens is 288 g/mol. The van der Waals surface area contributed by atoms with E-state index in [4.69, 9.17) is 5.11 Å². The number of aliphatic hydroxyl groups is 1. The number of phenolic OH excluding ortho intramolecular Hbond substituents is 2. The number of nitrogens with zero attached hydrogens (tertiary/aromatic N) is 2. The first-order valence-corrected chi connectivity index (χ1v) is 6.53.